The van der Waals surface area contributed by atoms with Gasteiger partial charge in [0, 0.05) is 6.42 Å². The molecule has 0 aromatic carbocycles. The highest BCUT2D eigenvalue weighted by atomic mass is 16.1. The van der Waals surface area contributed by atoms with Crippen molar-refractivity contribution in [3.05, 3.63) is 23.8 Å². The van der Waals surface area contributed by atoms with Gasteiger partial charge in [-0.25, -0.2) is 0 Å². The summed E-state index contributed by atoms with van der Waals surface area (Å²) in [6.07, 6.45) is 14.4. The number of carbonyl (C=O) groups is 1. The van der Waals surface area contributed by atoms with Crippen LogP contribution in [0.15, 0.2) is 23.8 Å². The average molecular weight is 222 g/mol. The van der Waals surface area contributed by atoms with Crippen LogP contribution in [-0.4, -0.2) is 6.29 Å². The van der Waals surface area contributed by atoms with Gasteiger partial charge in [0.15, 0.2) is 0 Å². The maximum atomic E-state index is 10.2. The Kier molecular flexibility index (Phi) is 10.1. The van der Waals surface area contributed by atoms with Crippen LogP contribution in [0.4, 0.5) is 0 Å². The maximum absolute atomic E-state index is 10.2. The molecule has 0 saturated heterocycles. The van der Waals surface area contributed by atoms with E-state index in [4.69, 9.17) is 0 Å². The van der Waals surface area contributed by atoms with Gasteiger partial charge in [-0.1, -0.05) is 44.1 Å². The summed E-state index contributed by atoms with van der Waals surface area (Å²) in [7, 11) is 0. The first kappa shape index (κ1) is 15.2. The van der Waals surface area contributed by atoms with Crippen molar-refractivity contribution in [1.29, 1.82) is 0 Å². The van der Waals surface area contributed by atoms with Gasteiger partial charge in [-0.05, 0) is 38.5 Å². The van der Waals surface area contributed by atoms with E-state index in [1.54, 1.807) is 0 Å². The fraction of sp³-hybridized carbons (Fsp3) is 0.667. The van der Waals surface area contributed by atoms with Crippen molar-refractivity contribution in [3.8, 4) is 0 Å². The molecule has 0 fully saturated rings. The number of unbranched alkanes of at least 4 members (excludes halogenated alkanes) is 3. The van der Waals surface area contributed by atoms with E-state index in [1.165, 1.54) is 31.3 Å². The van der Waals surface area contributed by atoms with Gasteiger partial charge in [0.1, 0.15) is 6.29 Å². The molecule has 0 saturated carbocycles. The van der Waals surface area contributed by atoms with Gasteiger partial charge < -0.3 is 4.79 Å². The second-order valence-corrected chi connectivity index (χ2v) is 4.52. The van der Waals surface area contributed by atoms with Crippen molar-refractivity contribution in [3.63, 3.8) is 0 Å². The van der Waals surface area contributed by atoms with Crippen LogP contribution in [0.1, 0.15) is 59.3 Å². The number of hydrogen-bond acceptors (Lipinski definition) is 1. The molecule has 0 rings (SSSR count). The van der Waals surface area contributed by atoms with Crippen LogP contribution in [0.25, 0.3) is 0 Å². The smallest absolute Gasteiger partial charge is 0.124 e. The van der Waals surface area contributed by atoms with Crippen LogP contribution in [0.2, 0.25) is 0 Å². The number of hydrogen-bond donors (Lipinski definition) is 0. The van der Waals surface area contributed by atoms with E-state index in [2.05, 4.69) is 32.1 Å². The van der Waals surface area contributed by atoms with Gasteiger partial charge in [-0.2, -0.15) is 0 Å². The monoisotopic (exact) mass is 222 g/mol. The molecule has 0 radical (unpaired) electrons. The summed E-state index contributed by atoms with van der Waals surface area (Å²) in [5.41, 5.74) is 1.20. The van der Waals surface area contributed by atoms with Crippen molar-refractivity contribution >= 4 is 6.29 Å². The van der Waals surface area contributed by atoms with Crippen molar-refractivity contribution in [2.75, 3.05) is 0 Å². The van der Waals surface area contributed by atoms with E-state index in [0.29, 0.717) is 6.42 Å². The molecular weight excluding hydrogens is 196 g/mol. The predicted octanol–water partition coefficient (Wildman–Crippen LogP) is 4.68. The predicted molar refractivity (Wildman–Crippen MR) is 71.5 cm³/mol. The molecule has 0 N–H and O–H groups in total. The minimum absolute atomic E-state index is 0.591. The first-order chi connectivity index (χ1) is 7.70. The summed E-state index contributed by atoms with van der Waals surface area (Å²) in [5, 5.41) is 0. The molecule has 0 amide bonds. The van der Waals surface area contributed by atoms with Crippen molar-refractivity contribution in [2.45, 2.75) is 59.3 Å². The zero-order valence-electron chi connectivity index (χ0n) is 11.0. The summed E-state index contributed by atoms with van der Waals surface area (Å²) < 4.78 is 0. The Balaban J connectivity index is 3.43. The lowest BCUT2D eigenvalue weighted by Crippen LogP contribution is -1.84. The third-order valence-electron chi connectivity index (χ3n) is 2.83. The molecule has 0 aliphatic heterocycles. The minimum Gasteiger partial charge on any atom is -0.303 e. The molecule has 1 atom stereocenters. The summed E-state index contributed by atoms with van der Waals surface area (Å²) in [6, 6.07) is 0. The highest BCUT2D eigenvalue weighted by molar-refractivity contribution is 5.53. The van der Waals surface area contributed by atoms with Gasteiger partial charge in [0.2, 0.25) is 0 Å². The van der Waals surface area contributed by atoms with Crippen LogP contribution in [0.5, 0.6) is 0 Å². The van der Waals surface area contributed by atoms with Gasteiger partial charge >= 0.3 is 0 Å². The Labute approximate surface area is 101 Å². The number of aldehydes is 1. The van der Waals surface area contributed by atoms with Gasteiger partial charge in [-0.15, -0.1) is 0 Å². The average Bonchev–Trinajstić information content (AvgIpc) is 2.27. The normalized spacial score (nSPS) is 14.3. The molecule has 92 valence electrons. The van der Waals surface area contributed by atoms with Crippen molar-refractivity contribution in [1.82, 2.24) is 0 Å². The van der Waals surface area contributed by atoms with E-state index in [9.17, 15) is 4.79 Å². The Morgan fingerprint density at radius 3 is 2.56 bits per heavy atom. The molecule has 16 heavy (non-hydrogen) atoms. The number of rotatable bonds is 9. The molecule has 1 unspecified atom stereocenters. The standard InChI is InChI=1S/C15H26O/c1-4-14(2)10-8-6-5-7-9-11-15(3)12-13-16/h8,10-11,13-14H,4-7,9,12H2,1-3H3. The first-order valence-corrected chi connectivity index (χ1v) is 6.46. The molecule has 0 spiro atoms. The summed E-state index contributed by atoms with van der Waals surface area (Å²) in [6.45, 7) is 6.49. The summed E-state index contributed by atoms with van der Waals surface area (Å²) >= 11 is 0. The maximum Gasteiger partial charge on any atom is 0.124 e. The molecule has 0 bridgehead atoms. The largest absolute Gasteiger partial charge is 0.303 e. The van der Waals surface area contributed by atoms with Gasteiger partial charge in [-0.3, -0.25) is 0 Å². The van der Waals surface area contributed by atoms with Crippen LogP contribution < -0.4 is 0 Å². The number of carbonyl (C=O) groups excluding carboxylic acids is 1. The SMILES string of the molecule is CCC(C)C=CCCCCC=C(C)CC=O. The molecule has 1 nitrogen and oxygen atoms in total. The lowest BCUT2D eigenvalue weighted by molar-refractivity contribution is -0.107. The third-order valence-corrected chi connectivity index (χ3v) is 2.83. The molecule has 0 aliphatic rings. The fourth-order valence-corrected chi connectivity index (χ4v) is 1.43. The van der Waals surface area contributed by atoms with Gasteiger partial charge in [0.05, 0.1) is 0 Å². The van der Waals surface area contributed by atoms with E-state index < -0.39 is 0 Å². The van der Waals surface area contributed by atoms with E-state index in [-0.39, 0.29) is 0 Å². The Hall–Kier alpha value is -0.850. The highest BCUT2D eigenvalue weighted by Gasteiger charge is 1.91. The molecule has 0 aromatic heterocycles. The van der Waals surface area contributed by atoms with Crippen LogP contribution >= 0.6 is 0 Å². The molecule has 1 heteroatoms. The summed E-state index contributed by atoms with van der Waals surface area (Å²) in [4.78, 5) is 10.2. The second-order valence-electron chi connectivity index (χ2n) is 4.52. The molecule has 0 heterocycles. The quantitative estimate of drug-likeness (QED) is 0.314. The van der Waals surface area contributed by atoms with E-state index >= 15 is 0 Å². The van der Waals surface area contributed by atoms with Crippen LogP contribution in [-0.2, 0) is 4.79 Å². The van der Waals surface area contributed by atoms with Gasteiger partial charge in [0.25, 0.3) is 0 Å². The van der Waals surface area contributed by atoms with E-state index in [0.717, 1.165) is 18.6 Å². The zero-order valence-corrected chi connectivity index (χ0v) is 11.0. The summed E-state index contributed by atoms with van der Waals surface area (Å²) in [5.74, 6) is 0.717. The van der Waals surface area contributed by atoms with Crippen LogP contribution in [0, 0.1) is 5.92 Å². The molecular formula is C15H26O. The lowest BCUT2D eigenvalue weighted by Gasteiger charge is -1.99. The Morgan fingerprint density at radius 1 is 1.25 bits per heavy atom. The third kappa shape index (κ3) is 9.70. The first-order valence-electron chi connectivity index (χ1n) is 6.46. The Morgan fingerprint density at radius 2 is 1.94 bits per heavy atom. The zero-order chi connectivity index (χ0) is 12.2. The Bertz CT molecular complexity index is 226. The van der Waals surface area contributed by atoms with Crippen LogP contribution in [0.3, 0.4) is 0 Å². The van der Waals surface area contributed by atoms with E-state index in [1.807, 2.05) is 6.92 Å². The lowest BCUT2D eigenvalue weighted by atomic mass is 10.1. The molecule has 0 aliphatic carbocycles. The van der Waals surface area contributed by atoms with Crippen molar-refractivity contribution < 1.29 is 4.79 Å². The fourth-order valence-electron chi connectivity index (χ4n) is 1.43. The topological polar surface area (TPSA) is 17.1 Å². The molecule has 0 aromatic rings. The number of allylic oxidation sites excluding steroid dienone is 4. The second kappa shape index (κ2) is 10.7. The minimum atomic E-state index is 0.591. The highest BCUT2D eigenvalue weighted by Crippen LogP contribution is 2.08. The van der Waals surface area contributed by atoms with Crippen molar-refractivity contribution in [2.24, 2.45) is 5.92 Å².